The molecule has 0 bridgehead atoms. The lowest BCUT2D eigenvalue weighted by atomic mass is 10.3. The Bertz CT molecular complexity index is 534. The molecule has 1 aromatic rings. The van der Waals surface area contributed by atoms with Gasteiger partial charge in [0.2, 0.25) is 10.0 Å². The highest BCUT2D eigenvalue weighted by Crippen LogP contribution is 2.22. The summed E-state index contributed by atoms with van der Waals surface area (Å²) in [5.41, 5.74) is 0.171. The van der Waals surface area contributed by atoms with Crippen molar-refractivity contribution in [2.24, 2.45) is 5.14 Å². The van der Waals surface area contributed by atoms with Crippen LogP contribution in [0.15, 0.2) is 41.3 Å². The summed E-state index contributed by atoms with van der Waals surface area (Å²) in [6.07, 6.45) is 0. The van der Waals surface area contributed by atoms with Crippen molar-refractivity contribution in [3.8, 4) is 5.75 Å². The average molecular weight is 241 g/mol. The van der Waals surface area contributed by atoms with Gasteiger partial charge in [-0.1, -0.05) is 18.7 Å². The molecular weight excluding hydrogens is 230 g/mol. The number of benzene rings is 1. The Morgan fingerprint density at radius 1 is 1.38 bits per heavy atom. The maximum absolute atomic E-state index is 11.2. The Morgan fingerprint density at radius 2 is 1.94 bits per heavy atom. The Morgan fingerprint density at radius 3 is 2.44 bits per heavy atom. The maximum Gasteiger partial charge on any atom is 0.338 e. The van der Waals surface area contributed by atoms with Crippen molar-refractivity contribution >= 4 is 16.0 Å². The SMILES string of the molecule is C=C(C)C(=O)Oc1ccccc1S(N)(=O)=O. The van der Waals surface area contributed by atoms with Crippen LogP contribution < -0.4 is 9.88 Å². The molecule has 1 rings (SSSR count). The fraction of sp³-hybridized carbons (Fsp3) is 0.100. The number of carbonyl (C=O) groups is 1. The highest BCUT2D eigenvalue weighted by atomic mass is 32.2. The summed E-state index contributed by atoms with van der Waals surface area (Å²) in [6, 6.07) is 5.63. The van der Waals surface area contributed by atoms with E-state index in [0.717, 1.165) is 0 Å². The summed E-state index contributed by atoms with van der Waals surface area (Å²) in [4.78, 5) is 11.0. The minimum atomic E-state index is -3.91. The van der Waals surface area contributed by atoms with Gasteiger partial charge in [-0.2, -0.15) is 0 Å². The zero-order valence-electron chi connectivity index (χ0n) is 8.64. The summed E-state index contributed by atoms with van der Waals surface area (Å²) < 4.78 is 27.2. The molecule has 0 spiro atoms. The fourth-order valence-electron chi connectivity index (χ4n) is 0.957. The quantitative estimate of drug-likeness (QED) is 0.482. The first-order chi connectivity index (χ1) is 7.32. The predicted molar refractivity (Wildman–Crippen MR) is 58.3 cm³/mol. The molecule has 5 nitrogen and oxygen atoms in total. The van der Waals surface area contributed by atoms with Gasteiger partial charge < -0.3 is 4.74 Å². The van der Waals surface area contributed by atoms with Crippen LogP contribution in [0.25, 0.3) is 0 Å². The number of hydrogen-bond acceptors (Lipinski definition) is 4. The van der Waals surface area contributed by atoms with Gasteiger partial charge in [0.25, 0.3) is 0 Å². The number of ether oxygens (including phenoxy) is 1. The first-order valence-corrected chi connectivity index (χ1v) is 5.86. The molecule has 86 valence electrons. The van der Waals surface area contributed by atoms with Crippen LogP contribution >= 0.6 is 0 Å². The third-order valence-corrected chi connectivity index (χ3v) is 2.66. The molecule has 0 aliphatic rings. The van der Waals surface area contributed by atoms with E-state index in [-0.39, 0.29) is 16.2 Å². The lowest BCUT2D eigenvalue weighted by molar-refractivity contribution is -0.130. The van der Waals surface area contributed by atoms with E-state index in [9.17, 15) is 13.2 Å². The van der Waals surface area contributed by atoms with E-state index >= 15 is 0 Å². The second-order valence-corrected chi connectivity index (χ2v) is 4.69. The summed E-state index contributed by atoms with van der Waals surface area (Å²) in [5, 5.41) is 4.97. The van der Waals surface area contributed by atoms with Crippen molar-refractivity contribution in [3.63, 3.8) is 0 Å². The number of hydrogen-bond donors (Lipinski definition) is 1. The van der Waals surface area contributed by atoms with Crippen molar-refractivity contribution < 1.29 is 17.9 Å². The number of sulfonamides is 1. The first kappa shape index (κ1) is 12.4. The normalized spacial score (nSPS) is 10.9. The summed E-state index contributed by atoms with van der Waals surface area (Å²) in [5.74, 6) is -0.797. The van der Waals surface area contributed by atoms with E-state index in [0.29, 0.717) is 0 Å². The fourth-order valence-corrected chi connectivity index (χ4v) is 1.61. The van der Waals surface area contributed by atoms with E-state index in [1.807, 2.05) is 0 Å². The van der Waals surface area contributed by atoms with Gasteiger partial charge in [-0.05, 0) is 19.1 Å². The molecule has 16 heavy (non-hydrogen) atoms. The van der Waals surface area contributed by atoms with Crippen molar-refractivity contribution in [3.05, 3.63) is 36.4 Å². The summed E-state index contributed by atoms with van der Waals surface area (Å²) >= 11 is 0. The number of rotatable bonds is 3. The molecule has 0 heterocycles. The number of primary sulfonamides is 1. The Balaban J connectivity index is 3.16. The van der Waals surface area contributed by atoms with Crippen LogP contribution in [0.3, 0.4) is 0 Å². The van der Waals surface area contributed by atoms with Crippen LogP contribution in [0.5, 0.6) is 5.75 Å². The van der Waals surface area contributed by atoms with Gasteiger partial charge in [-0.3, -0.25) is 0 Å². The molecule has 0 atom stereocenters. The van der Waals surface area contributed by atoms with Crippen molar-refractivity contribution in [1.29, 1.82) is 0 Å². The molecule has 0 radical (unpaired) electrons. The molecule has 0 aliphatic carbocycles. The van der Waals surface area contributed by atoms with Gasteiger partial charge in [0.05, 0.1) is 0 Å². The smallest absolute Gasteiger partial charge is 0.338 e. The van der Waals surface area contributed by atoms with E-state index in [2.05, 4.69) is 6.58 Å². The molecule has 1 aromatic carbocycles. The molecule has 0 saturated carbocycles. The number of esters is 1. The lowest BCUT2D eigenvalue weighted by Gasteiger charge is -2.07. The van der Waals surface area contributed by atoms with Crippen molar-refractivity contribution in [1.82, 2.24) is 0 Å². The van der Waals surface area contributed by atoms with Gasteiger partial charge in [-0.25, -0.2) is 18.4 Å². The Hall–Kier alpha value is -1.66. The zero-order chi connectivity index (χ0) is 12.3. The van der Waals surface area contributed by atoms with Crippen LogP contribution in [-0.4, -0.2) is 14.4 Å². The zero-order valence-corrected chi connectivity index (χ0v) is 9.45. The van der Waals surface area contributed by atoms with Crippen LogP contribution in [0.4, 0.5) is 0 Å². The molecular formula is C10H11NO4S. The van der Waals surface area contributed by atoms with Crippen molar-refractivity contribution in [2.45, 2.75) is 11.8 Å². The first-order valence-electron chi connectivity index (χ1n) is 4.32. The summed E-state index contributed by atoms with van der Waals surface area (Å²) in [6.45, 7) is 4.85. The van der Waals surface area contributed by atoms with E-state index in [1.54, 1.807) is 0 Å². The molecule has 0 unspecified atom stereocenters. The molecule has 0 aliphatic heterocycles. The number of para-hydroxylation sites is 1. The predicted octanol–water partition coefficient (Wildman–Crippen LogP) is 0.816. The van der Waals surface area contributed by atoms with Crippen LogP contribution in [-0.2, 0) is 14.8 Å². The Labute approximate surface area is 93.6 Å². The van der Waals surface area contributed by atoms with E-state index in [4.69, 9.17) is 9.88 Å². The van der Waals surface area contributed by atoms with E-state index in [1.165, 1.54) is 31.2 Å². The summed E-state index contributed by atoms with van der Waals surface area (Å²) in [7, 11) is -3.91. The standard InChI is InChI=1S/C10H11NO4S/c1-7(2)10(12)15-8-5-3-4-6-9(8)16(11,13)14/h3-6H,1H2,2H3,(H2,11,13,14). The molecule has 0 fully saturated rings. The van der Waals surface area contributed by atoms with Gasteiger partial charge in [0, 0.05) is 5.57 Å². The lowest BCUT2D eigenvalue weighted by Crippen LogP contribution is -2.16. The molecule has 0 amide bonds. The minimum absolute atomic E-state index is 0.0991. The molecule has 6 heteroatoms. The third-order valence-electron chi connectivity index (χ3n) is 1.71. The Kier molecular flexibility index (Phi) is 3.46. The number of nitrogens with two attached hydrogens (primary N) is 1. The highest BCUT2D eigenvalue weighted by molar-refractivity contribution is 7.89. The molecule has 0 saturated heterocycles. The maximum atomic E-state index is 11.2. The van der Waals surface area contributed by atoms with Gasteiger partial charge >= 0.3 is 5.97 Å². The average Bonchev–Trinajstić information content (AvgIpc) is 2.16. The third kappa shape index (κ3) is 2.91. The van der Waals surface area contributed by atoms with Gasteiger partial charge in [-0.15, -0.1) is 0 Å². The van der Waals surface area contributed by atoms with Crippen molar-refractivity contribution in [2.75, 3.05) is 0 Å². The highest BCUT2D eigenvalue weighted by Gasteiger charge is 2.16. The van der Waals surface area contributed by atoms with Crippen LogP contribution in [0.2, 0.25) is 0 Å². The second-order valence-electron chi connectivity index (χ2n) is 3.16. The second kappa shape index (κ2) is 4.46. The van der Waals surface area contributed by atoms with Crippen LogP contribution in [0.1, 0.15) is 6.92 Å². The van der Waals surface area contributed by atoms with Crippen LogP contribution in [0, 0.1) is 0 Å². The molecule has 0 aromatic heterocycles. The number of carbonyl (C=O) groups excluding carboxylic acids is 1. The topological polar surface area (TPSA) is 86.5 Å². The largest absolute Gasteiger partial charge is 0.422 e. The van der Waals surface area contributed by atoms with E-state index < -0.39 is 16.0 Å². The molecule has 2 N–H and O–H groups in total. The van der Waals surface area contributed by atoms with Gasteiger partial charge in [0.15, 0.2) is 5.75 Å². The van der Waals surface area contributed by atoms with Gasteiger partial charge in [0.1, 0.15) is 4.90 Å². The monoisotopic (exact) mass is 241 g/mol. The minimum Gasteiger partial charge on any atom is -0.422 e.